The van der Waals surface area contributed by atoms with Gasteiger partial charge in [-0.3, -0.25) is 0 Å². The number of hydrogen-bond acceptors (Lipinski definition) is 4. The highest BCUT2D eigenvalue weighted by atomic mass is 16.5. The number of hydrogen-bond donors (Lipinski definition) is 2. The highest BCUT2D eigenvalue weighted by Crippen LogP contribution is 2.07. The zero-order valence-electron chi connectivity index (χ0n) is 9.72. The van der Waals surface area contributed by atoms with Gasteiger partial charge in [-0.1, -0.05) is 24.3 Å². The summed E-state index contributed by atoms with van der Waals surface area (Å²) in [6.07, 6.45) is 1.16. The first-order valence-corrected chi connectivity index (χ1v) is 5.49. The summed E-state index contributed by atoms with van der Waals surface area (Å²) in [5.41, 5.74) is 1.45. The van der Waals surface area contributed by atoms with Crippen molar-refractivity contribution in [2.45, 2.75) is 19.8 Å². The van der Waals surface area contributed by atoms with Crippen molar-refractivity contribution in [3.8, 4) is 0 Å². The zero-order chi connectivity index (χ0) is 12.7. The lowest BCUT2D eigenvalue weighted by Crippen LogP contribution is -2.29. The molecule has 90 valence electrons. The molecule has 1 aromatic carbocycles. The molecule has 0 radical (unpaired) electrons. The third-order valence-electron chi connectivity index (χ3n) is 2.35. The van der Waals surface area contributed by atoms with Gasteiger partial charge < -0.3 is 14.8 Å². The second-order valence-electron chi connectivity index (χ2n) is 3.57. The summed E-state index contributed by atoms with van der Waals surface area (Å²) in [6.45, 7) is 2.27. The Bertz CT molecular complexity index is 393. The molecule has 0 bridgehead atoms. The molecule has 0 spiro atoms. The maximum Gasteiger partial charge on any atom is 0.488 e. The van der Waals surface area contributed by atoms with E-state index < -0.39 is 7.12 Å². The molecule has 4 nitrogen and oxygen atoms in total. The molecule has 0 saturated heterocycles. The maximum atomic E-state index is 10.5. The summed E-state index contributed by atoms with van der Waals surface area (Å²) in [7, 11) is -1.45. The van der Waals surface area contributed by atoms with E-state index in [1.54, 1.807) is 30.2 Å². The Kier molecular flexibility index (Phi) is 5.50. The Morgan fingerprint density at radius 1 is 1.35 bits per heavy atom. The molecule has 17 heavy (non-hydrogen) atoms. The molecule has 2 N–H and O–H groups in total. The molecule has 0 unspecified atom stereocenters. The standard InChI is InChI=1S/C12H15BO4/c1-2-17-12(9-14)8-5-10-3-6-11(7-4-10)13(15)16/h3-4,6-7,15-16H,2,5,8H2,1H3. The topological polar surface area (TPSA) is 66.8 Å². The van der Waals surface area contributed by atoms with E-state index >= 15 is 0 Å². The smallest absolute Gasteiger partial charge is 0.487 e. The van der Waals surface area contributed by atoms with E-state index in [-0.39, 0.29) is 0 Å². The van der Waals surface area contributed by atoms with Crippen molar-refractivity contribution in [2.24, 2.45) is 0 Å². The largest absolute Gasteiger partial charge is 0.488 e. The minimum Gasteiger partial charge on any atom is -0.487 e. The van der Waals surface area contributed by atoms with Gasteiger partial charge in [0, 0.05) is 6.42 Å². The van der Waals surface area contributed by atoms with Gasteiger partial charge in [0.1, 0.15) is 0 Å². The molecule has 0 amide bonds. The van der Waals surface area contributed by atoms with Crippen LogP contribution >= 0.6 is 0 Å². The van der Waals surface area contributed by atoms with Crippen LogP contribution in [0.1, 0.15) is 18.9 Å². The van der Waals surface area contributed by atoms with E-state index in [2.05, 4.69) is 0 Å². The SMILES string of the molecule is CCOC(=C=O)CCc1ccc(B(O)O)cc1. The summed E-state index contributed by atoms with van der Waals surface area (Å²) >= 11 is 0. The summed E-state index contributed by atoms with van der Waals surface area (Å²) in [4.78, 5) is 10.5. The molecule has 1 aromatic rings. The van der Waals surface area contributed by atoms with E-state index in [9.17, 15) is 4.79 Å². The van der Waals surface area contributed by atoms with Crippen molar-refractivity contribution in [3.05, 3.63) is 35.6 Å². The molecule has 0 atom stereocenters. The average Bonchev–Trinajstić information content (AvgIpc) is 2.35. The van der Waals surface area contributed by atoms with E-state index in [0.717, 1.165) is 5.56 Å². The van der Waals surface area contributed by atoms with Gasteiger partial charge in [0.25, 0.3) is 0 Å². The first kappa shape index (κ1) is 13.5. The van der Waals surface area contributed by atoms with Gasteiger partial charge in [0.2, 0.25) is 0 Å². The molecular weight excluding hydrogens is 219 g/mol. The zero-order valence-corrected chi connectivity index (χ0v) is 9.72. The van der Waals surface area contributed by atoms with Gasteiger partial charge in [-0.15, -0.1) is 0 Å². The minimum absolute atomic E-state index is 0.318. The minimum atomic E-state index is -1.45. The predicted octanol–water partition coefficient (Wildman–Crippen LogP) is 0.0510. The first-order chi connectivity index (χ1) is 8.17. The third-order valence-corrected chi connectivity index (χ3v) is 2.35. The number of benzene rings is 1. The summed E-state index contributed by atoms with van der Waals surface area (Å²) in [6, 6.07) is 6.88. The van der Waals surface area contributed by atoms with Gasteiger partial charge in [-0.25, -0.2) is 4.79 Å². The van der Waals surface area contributed by atoms with Crippen LogP contribution in [0, 0.1) is 0 Å². The van der Waals surface area contributed by atoms with Gasteiger partial charge in [-0.05, 0) is 24.4 Å². The molecule has 0 saturated carbocycles. The van der Waals surface area contributed by atoms with Crippen molar-refractivity contribution in [3.63, 3.8) is 0 Å². The molecule has 0 aliphatic rings. The van der Waals surface area contributed by atoms with Crippen molar-refractivity contribution in [2.75, 3.05) is 6.61 Å². The molecule has 5 heteroatoms. The fraction of sp³-hybridized carbons (Fsp3) is 0.333. The van der Waals surface area contributed by atoms with E-state index in [1.165, 1.54) is 0 Å². The van der Waals surface area contributed by atoms with E-state index in [1.807, 2.05) is 6.92 Å². The third kappa shape index (κ3) is 4.45. The van der Waals surface area contributed by atoms with Crippen molar-refractivity contribution >= 4 is 18.5 Å². The molecule has 0 aliphatic carbocycles. The van der Waals surface area contributed by atoms with Crippen LogP contribution < -0.4 is 5.46 Å². The molecular formula is C12H15BO4. The van der Waals surface area contributed by atoms with Crippen LogP contribution in [-0.2, 0) is 16.0 Å². The lowest BCUT2D eigenvalue weighted by atomic mass is 9.80. The van der Waals surface area contributed by atoms with Crippen LogP contribution in [-0.4, -0.2) is 29.7 Å². The highest BCUT2D eigenvalue weighted by Gasteiger charge is 2.09. The molecule has 1 rings (SSSR count). The fourth-order valence-electron chi connectivity index (χ4n) is 1.44. The van der Waals surface area contributed by atoms with Crippen LogP contribution in [0.5, 0.6) is 0 Å². The lowest BCUT2D eigenvalue weighted by Gasteiger charge is -2.05. The van der Waals surface area contributed by atoms with Crippen LogP contribution in [0.25, 0.3) is 0 Å². The van der Waals surface area contributed by atoms with Crippen molar-refractivity contribution < 1.29 is 19.6 Å². The Hall–Kier alpha value is -1.55. The number of ether oxygens (including phenoxy) is 1. The number of allylic oxidation sites excluding steroid dienone is 1. The van der Waals surface area contributed by atoms with E-state index in [4.69, 9.17) is 14.8 Å². The molecule has 0 fully saturated rings. The molecule has 0 heterocycles. The number of carbonyl (C=O) groups excluding carboxylic acids is 1. The Morgan fingerprint density at radius 2 is 2.00 bits per heavy atom. The number of rotatable bonds is 6. The van der Waals surface area contributed by atoms with Crippen molar-refractivity contribution in [1.29, 1.82) is 0 Å². The summed E-state index contributed by atoms with van der Waals surface area (Å²) < 4.78 is 5.09. The normalized spacial score (nSPS) is 9.59. The van der Waals surface area contributed by atoms with Crippen LogP contribution in [0.3, 0.4) is 0 Å². The average molecular weight is 234 g/mol. The summed E-state index contributed by atoms with van der Waals surface area (Å²) in [5.74, 6) is 2.09. The van der Waals surface area contributed by atoms with E-state index in [0.29, 0.717) is 30.7 Å². The number of aryl methyl sites for hydroxylation is 1. The second kappa shape index (κ2) is 6.91. The Morgan fingerprint density at radius 3 is 2.47 bits per heavy atom. The lowest BCUT2D eigenvalue weighted by molar-refractivity contribution is 0.222. The summed E-state index contributed by atoms with van der Waals surface area (Å²) in [5, 5.41) is 17.8. The monoisotopic (exact) mass is 234 g/mol. The van der Waals surface area contributed by atoms with Crippen LogP contribution in [0.15, 0.2) is 30.0 Å². The van der Waals surface area contributed by atoms with Crippen LogP contribution in [0.2, 0.25) is 0 Å². The quantitative estimate of drug-likeness (QED) is 0.414. The Balaban J connectivity index is 2.55. The second-order valence-corrected chi connectivity index (χ2v) is 3.57. The fourth-order valence-corrected chi connectivity index (χ4v) is 1.44. The molecule has 0 aromatic heterocycles. The van der Waals surface area contributed by atoms with Crippen LogP contribution in [0.4, 0.5) is 0 Å². The van der Waals surface area contributed by atoms with Gasteiger partial charge in [-0.2, -0.15) is 0 Å². The maximum absolute atomic E-state index is 10.5. The van der Waals surface area contributed by atoms with Gasteiger partial charge in [0.05, 0.1) is 6.61 Å². The van der Waals surface area contributed by atoms with Crippen molar-refractivity contribution in [1.82, 2.24) is 0 Å². The highest BCUT2D eigenvalue weighted by molar-refractivity contribution is 6.58. The predicted molar refractivity (Wildman–Crippen MR) is 65.4 cm³/mol. The van der Waals surface area contributed by atoms with Gasteiger partial charge >= 0.3 is 7.12 Å². The van der Waals surface area contributed by atoms with Gasteiger partial charge in [0.15, 0.2) is 11.7 Å². The Labute approximate surface area is 101 Å². The molecule has 0 aliphatic heterocycles. The first-order valence-electron chi connectivity index (χ1n) is 5.49.